The van der Waals surface area contributed by atoms with Crippen LogP contribution in [0.25, 0.3) is 0 Å². The Kier molecular flexibility index (Phi) is 5.19. The van der Waals surface area contributed by atoms with E-state index in [1.54, 1.807) is 4.90 Å². The predicted molar refractivity (Wildman–Crippen MR) is 73.4 cm³/mol. The highest BCUT2D eigenvalue weighted by Gasteiger charge is 2.32. The van der Waals surface area contributed by atoms with Crippen LogP contribution >= 0.6 is 0 Å². The number of carbonyl (C=O) groups excluding carboxylic acids is 2. The number of nitrogens with one attached hydrogen (secondary N) is 1. The quantitative estimate of drug-likeness (QED) is 0.693. The molecule has 0 aromatic carbocycles. The molecule has 2 aliphatic rings. The number of rotatable bonds is 6. The van der Waals surface area contributed by atoms with Gasteiger partial charge in [-0.05, 0) is 25.8 Å². The molecule has 2 rings (SSSR count). The van der Waals surface area contributed by atoms with Crippen LogP contribution in [-0.4, -0.2) is 42.4 Å². The summed E-state index contributed by atoms with van der Waals surface area (Å²) in [6, 6.07) is 0.668. The zero-order valence-corrected chi connectivity index (χ0v) is 11.6. The van der Waals surface area contributed by atoms with Crippen LogP contribution in [0.5, 0.6) is 0 Å². The van der Waals surface area contributed by atoms with Gasteiger partial charge in [0.15, 0.2) is 0 Å². The zero-order valence-electron chi connectivity index (χ0n) is 11.6. The summed E-state index contributed by atoms with van der Waals surface area (Å²) in [6.07, 6.45) is 7.86. The van der Waals surface area contributed by atoms with Gasteiger partial charge >= 0.3 is 0 Å². The lowest BCUT2D eigenvalue weighted by molar-refractivity contribution is -0.128. The average molecular weight is 267 g/mol. The fourth-order valence-corrected chi connectivity index (χ4v) is 3.06. The maximum atomic E-state index is 11.7. The van der Waals surface area contributed by atoms with Gasteiger partial charge in [0.05, 0.1) is 5.92 Å². The normalized spacial score (nSPS) is 24.9. The highest BCUT2D eigenvalue weighted by Crippen LogP contribution is 2.18. The minimum atomic E-state index is -0.351. The van der Waals surface area contributed by atoms with E-state index in [9.17, 15) is 9.59 Å². The minimum Gasteiger partial charge on any atom is -0.369 e. The molecule has 5 heteroatoms. The van der Waals surface area contributed by atoms with Crippen LogP contribution in [0.4, 0.5) is 0 Å². The van der Waals surface area contributed by atoms with E-state index in [0.717, 1.165) is 19.5 Å². The van der Waals surface area contributed by atoms with Crippen molar-refractivity contribution in [1.29, 1.82) is 0 Å². The van der Waals surface area contributed by atoms with Gasteiger partial charge in [-0.1, -0.05) is 19.3 Å². The van der Waals surface area contributed by atoms with Gasteiger partial charge in [0.1, 0.15) is 0 Å². The number of nitrogens with zero attached hydrogens (tertiary/aromatic N) is 1. The van der Waals surface area contributed by atoms with Gasteiger partial charge in [-0.3, -0.25) is 9.59 Å². The van der Waals surface area contributed by atoms with Crippen molar-refractivity contribution in [3.05, 3.63) is 0 Å². The molecular weight excluding hydrogens is 242 g/mol. The van der Waals surface area contributed by atoms with Crippen molar-refractivity contribution in [2.24, 2.45) is 11.7 Å². The Hall–Kier alpha value is -1.10. The van der Waals surface area contributed by atoms with Crippen molar-refractivity contribution in [3.8, 4) is 0 Å². The van der Waals surface area contributed by atoms with Crippen LogP contribution < -0.4 is 11.1 Å². The molecule has 0 aromatic heterocycles. The number of likely N-dealkylation sites (tertiary alicyclic amines) is 1. The minimum absolute atomic E-state index is 0.0708. The molecule has 1 unspecified atom stereocenters. The Labute approximate surface area is 114 Å². The largest absolute Gasteiger partial charge is 0.369 e. The molecule has 0 bridgehead atoms. The SMILES string of the molecule is NC(=O)C1CC(=O)N(CCCNC2CCCCC2)C1. The maximum Gasteiger partial charge on any atom is 0.223 e. The molecule has 1 atom stereocenters. The molecular formula is C14H25N3O2. The van der Waals surface area contributed by atoms with Crippen LogP contribution in [0, 0.1) is 5.92 Å². The lowest BCUT2D eigenvalue weighted by atomic mass is 9.95. The van der Waals surface area contributed by atoms with Crippen LogP contribution in [-0.2, 0) is 9.59 Å². The van der Waals surface area contributed by atoms with E-state index in [1.165, 1.54) is 32.1 Å². The topological polar surface area (TPSA) is 75.4 Å². The van der Waals surface area contributed by atoms with Crippen molar-refractivity contribution in [1.82, 2.24) is 10.2 Å². The maximum absolute atomic E-state index is 11.7. The number of hydrogen-bond donors (Lipinski definition) is 2. The summed E-state index contributed by atoms with van der Waals surface area (Å²) >= 11 is 0. The van der Waals surface area contributed by atoms with Crippen LogP contribution in [0.2, 0.25) is 0 Å². The second kappa shape index (κ2) is 6.89. The molecule has 1 aliphatic heterocycles. The molecule has 0 spiro atoms. The van der Waals surface area contributed by atoms with E-state index < -0.39 is 0 Å². The summed E-state index contributed by atoms with van der Waals surface area (Å²) in [5, 5.41) is 3.56. The van der Waals surface area contributed by atoms with E-state index in [0.29, 0.717) is 19.0 Å². The third kappa shape index (κ3) is 4.20. The first-order valence-corrected chi connectivity index (χ1v) is 7.47. The molecule has 1 saturated carbocycles. The summed E-state index contributed by atoms with van der Waals surface area (Å²) in [5.74, 6) is -0.559. The third-order valence-corrected chi connectivity index (χ3v) is 4.26. The number of carbonyl (C=O) groups is 2. The fraction of sp³-hybridized carbons (Fsp3) is 0.857. The van der Waals surface area contributed by atoms with E-state index in [4.69, 9.17) is 5.73 Å². The monoisotopic (exact) mass is 267 g/mol. The molecule has 1 heterocycles. The lowest BCUT2D eigenvalue weighted by Gasteiger charge is -2.23. The molecule has 5 nitrogen and oxygen atoms in total. The van der Waals surface area contributed by atoms with Gasteiger partial charge in [0.25, 0.3) is 0 Å². The van der Waals surface area contributed by atoms with Gasteiger partial charge in [-0.2, -0.15) is 0 Å². The molecule has 1 saturated heterocycles. The Morgan fingerprint density at radius 2 is 2.05 bits per heavy atom. The highest BCUT2D eigenvalue weighted by atomic mass is 16.2. The number of amides is 2. The summed E-state index contributed by atoms with van der Waals surface area (Å²) in [5.41, 5.74) is 5.24. The van der Waals surface area contributed by atoms with E-state index in [1.807, 2.05) is 0 Å². The molecule has 108 valence electrons. The van der Waals surface area contributed by atoms with Crippen molar-refractivity contribution in [2.45, 2.75) is 51.0 Å². The van der Waals surface area contributed by atoms with Crippen molar-refractivity contribution >= 4 is 11.8 Å². The summed E-state index contributed by atoms with van der Waals surface area (Å²) in [4.78, 5) is 24.5. The second-order valence-electron chi connectivity index (χ2n) is 5.79. The first kappa shape index (κ1) is 14.3. The Bertz CT molecular complexity index is 327. The average Bonchev–Trinajstić information content (AvgIpc) is 2.78. The van der Waals surface area contributed by atoms with Gasteiger partial charge in [0.2, 0.25) is 11.8 Å². The molecule has 19 heavy (non-hydrogen) atoms. The van der Waals surface area contributed by atoms with Gasteiger partial charge in [0, 0.05) is 25.6 Å². The standard InChI is InChI=1S/C14H25N3O2/c15-14(19)11-9-13(18)17(10-11)8-4-7-16-12-5-2-1-3-6-12/h11-12,16H,1-10H2,(H2,15,19). The predicted octanol–water partition coefficient (Wildman–Crippen LogP) is 0.633. The zero-order chi connectivity index (χ0) is 13.7. The Morgan fingerprint density at radius 3 is 2.68 bits per heavy atom. The summed E-state index contributed by atoms with van der Waals surface area (Å²) in [7, 11) is 0. The van der Waals surface area contributed by atoms with Crippen LogP contribution in [0.1, 0.15) is 44.9 Å². The van der Waals surface area contributed by atoms with Crippen LogP contribution in [0.3, 0.4) is 0 Å². The van der Waals surface area contributed by atoms with E-state index in [2.05, 4.69) is 5.32 Å². The van der Waals surface area contributed by atoms with Crippen molar-refractivity contribution < 1.29 is 9.59 Å². The molecule has 0 radical (unpaired) electrons. The molecule has 3 N–H and O–H groups in total. The number of primary amides is 1. The van der Waals surface area contributed by atoms with Gasteiger partial charge in [-0.15, -0.1) is 0 Å². The Morgan fingerprint density at radius 1 is 1.32 bits per heavy atom. The molecule has 0 aromatic rings. The molecule has 2 fully saturated rings. The number of nitrogens with two attached hydrogens (primary N) is 1. The lowest BCUT2D eigenvalue weighted by Crippen LogP contribution is -2.34. The Balaban J connectivity index is 1.60. The van der Waals surface area contributed by atoms with Crippen molar-refractivity contribution in [2.75, 3.05) is 19.6 Å². The summed E-state index contributed by atoms with van der Waals surface area (Å²) < 4.78 is 0. The molecule has 1 aliphatic carbocycles. The number of hydrogen-bond acceptors (Lipinski definition) is 3. The van der Waals surface area contributed by atoms with Crippen molar-refractivity contribution in [3.63, 3.8) is 0 Å². The first-order valence-electron chi connectivity index (χ1n) is 7.47. The molecule has 2 amide bonds. The highest BCUT2D eigenvalue weighted by molar-refractivity contribution is 5.88. The van der Waals surface area contributed by atoms with Crippen LogP contribution in [0.15, 0.2) is 0 Å². The third-order valence-electron chi connectivity index (χ3n) is 4.26. The second-order valence-corrected chi connectivity index (χ2v) is 5.79. The van der Waals surface area contributed by atoms with E-state index >= 15 is 0 Å². The van der Waals surface area contributed by atoms with Gasteiger partial charge < -0.3 is 16.0 Å². The van der Waals surface area contributed by atoms with E-state index in [-0.39, 0.29) is 17.7 Å². The fourth-order valence-electron chi connectivity index (χ4n) is 3.06. The summed E-state index contributed by atoms with van der Waals surface area (Å²) in [6.45, 7) is 2.20. The first-order chi connectivity index (χ1) is 9.16. The smallest absolute Gasteiger partial charge is 0.223 e. The van der Waals surface area contributed by atoms with Gasteiger partial charge in [-0.25, -0.2) is 0 Å².